The molecule has 0 spiro atoms. The highest BCUT2D eigenvalue weighted by Gasteiger charge is 2.11. The Morgan fingerprint density at radius 1 is 1.00 bits per heavy atom. The van der Waals surface area contributed by atoms with Crippen LogP contribution in [0.5, 0.6) is 5.75 Å². The molecule has 4 aromatic rings. The normalized spacial score (nSPS) is 10.9. The molecule has 4 nitrogen and oxygen atoms in total. The first-order chi connectivity index (χ1) is 11.8. The van der Waals surface area contributed by atoms with Crippen LogP contribution in [0.25, 0.3) is 16.8 Å². The van der Waals surface area contributed by atoms with E-state index in [4.69, 9.17) is 16.3 Å². The highest BCUT2D eigenvalue weighted by molar-refractivity contribution is 6.33. The Balaban J connectivity index is 1.64. The van der Waals surface area contributed by atoms with Gasteiger partial charge in [0.05, 0.1) is 5.69 Å². The molecule has 118 valence electrons. The third-order valence-electron chi connectivity index (χ3n) is 3.76. The minimum absolute atomic E-state index is 0.431. The summed E-state index contributed by atoms with van der Waals surface area (Å²) < 4.78 is 7.75. The summed E-state index contributed by atoms with van der Waals surface area (Å²) in [5.41, 5.74) is 3.65. The fraction of sp³-hybridized carbons (Fsp3) is 0.0526. The predicted octanol–water partition coefficient (Wildman–Crippen LogP) is 4.63. The van der Waals surface area contributed by atoms with Crippen LogP contribution in [0, 0.1) is 0 Å². The first-order valence-electron chi connectivity index (χ1n) is 7.55. The Kier molecular flexibility index (Phi) is 3.89. The Morgan fingerprint density at radius 2 is 1.88 bits per heavy atom. The molecule has 5 heteroatoms. The van der Waals surface area contributed by atoms with Crippen LogP contribution in [-0.2, 0) is 6.61 Å². The van der Waals surface area contributed by atoms with E-state index in [-0.39, 0.29) is 0 Å². The van der Waals surface area contributed by atoms with E-state index in [2.05, 4.69) is 9.97 Å². The van der Waals surface area contributed by atoms with Gasteiger partial charge in [-0.3, -0.25) is 0 Å². The minimum atomic E-state index is 0.431. The number of aromatic nitrogens is 3. The van der Waals surface area contributed by atoms with Gasteiger partial charge in [0.2, 0.25) is 0 Å². The smallest absolute Gasteiger partial charge is 0.155 e. The molecule has 0 amide bonds. The number of imidazole rings is 1. The molecule has 24 heavy (non-hydrogen) atoms. The van der Waals surface area contributed by atoms with E-state index in [1.54, 1.807) is 12.5 Å². The zero-order valence-electron chi connectivity index (χ0n) is 12.8. The molecule has 0 aliphatic heterocycles. The number of fused-ring (bicyclic) bond motifs is 1. The average Bonchev–Trinajstić information content (AvgIpc) is 3.07. The van der Waals surface area contributed by atoms with Gasteiger partial charge in [0, 0.05) is 18.0 Å². The number of rotatable bonds is 4. The summed E-state index contributed by atoms with van der Waals surface area (Å²) in [6, 6.07) is 17.9. The van der Waals surface area contributed by atoms with Crippen LogP contribution in [0.4, 0.5) is 0 Å². The fourth-order valence-electron chi connectivity index (χ4n) is 2.60. The molecule has 0 unspecified atom stereocenters. The SMILES string of the molecule is Clc1nccn2cnc(-c3cccc(OCc4ccccc4)c3)c12. The van der Waals surface area contributed by atoms with Gasteiger partial charge in [0.1, 0.15) is 24.2 Å². The van der Waals surface area contributed by atoms with E-state index >= 15 is 0 Å². The maximum Gasteiger partial charge on any atom is 0.155 e. The van der Waals surface area contributed by atoms with Gasteiger partial charge in [-0.1, -0.05) is 54.1 Å². The molecule has 2 heterocycles. The summed E-state index contributed by atoms with van der Waals surface area (Å²) in [4.78, 5) is 8.61. The Labute approximate surface area is 144 Å². The monoisotopic (exact) mass is 335 g/mol. The van der Waals surface area contributed by atoms with Crippen LogP contribution >= 0.6 is 11.6 Å². The Bertz CT molecular complexity index is 982. The third-order valence-corrected chi connectivity index (χ3v) is 4.04. The van der Waals surface area contributed by atoms with Gasteiger partial charge < -0.3 is 9.14 Å². The van der Waals surface area contributed by atoms with Crippen LogP contribution < -0.4 is 4.74 Å². The summed E-state index contributed by atoms with van der Waals surface area (Å²) in [5, 5.41) is 0.431. The van der Waals surface area contributed by atoms with Gasteiger partial charge >= 0.3 is 0 Å². The summed E-state index contributed by atoms with van der Waals surface area (Å²) in [7, 11) is 0. The van der Waals surface area contributed by atoms with Crippen molar-refractivity contribution in [2.75, 3.05) is 0 Å². The molecule has 0 saturated heterocycles. The molecule has 0 fully saturated rings. The first-order valence-corrected chi connectivity index (χ1v) is 7.93. The second kappa shape index (κ2) is 6.34. The number of halogens is 1. The average molecular weight is 336 g/mol. The first kappa shape index (κ1) is 14.7. The largest absolute Gasteiger partial charge is 0.489 e. The van der Waals surface area contributed by atoms with E-state index in [0.29, 0.717) is 11.8 Å². The quantitative estimate of drug-likeness (QED) is 0.546. The molecule has 2 aromatic heterocycles. The van der Waals surface area contributed by atoms with Crippen molar-refractivity contribution in [2.24, 2.45) is 0 Å². The fourth-order valence-corrected chi connectivity index (χ4v) is 2.84. The minimum Gasteiger partial charge on any atom is -0.489 e. The molecule has 0 radical (unpaired) electrons. The third kappa shape index (κ3) is 2.84. The lowest BCUT2D eigenvalue weighted by molar-refractivity contribution is 0.306. The van der Waals surface area contributed by atoms with Gasteiger partial charge in [0.25, 0.3) is 0 Å². The molecular formula is C19H14ClN3O. The highest BCUT2D eigenvalue weighted by Crippen LogP contribution is 2.29. The molecule has 2 aromatic carbocycles. The van der Waals surface area contributed by atoms with Crippen molar-refractivity contribution in [1.29, 1.82) is 0 Å². The van der Waals surface area contributed by atoms with Gasteiger partial charge in [-0.15, -0.1) is 0 Å². The van der Waals surface area contributed by atoms with Crippen LogP contribution in [0.1, 0.15) is 5.56 Å². The lowest BCUT2D eigenvalue weighted by atomic mass is 10.1. The number of benzene rings is 2. The predicted molar refractivity (Wildman–Crippen MR) is 94.2 cm³/mol. The second-order valence-corrected chi connectivity index (χ2v) is 5.73. The van der Waals surface area contributed by atoms with Gasteiger partial charge in [-0.05, 0) is 17.7 Å². The molecule has 0 N–H and O–H groups in total. The number of nitrogens with zero attached hydrogens (tertiary/aromatic N) is 3. The van der Waals surface area contributed by atoms with Gasteiger partial charge in [0.15, 0.2) is 5.15 Å². The summed E-state index contributed by atoms with van der Waals surface area (Å²) >= 11 is 6.23. The van der Waals surface area contributed by atoms with Gasteiger partial charge in [-0.25, -0.2) is 9.97 Å². The zero-order chi connectivity index (χ0) is 16.4. The molecule has 4 rings (SSSR count). The number of ether oxygens (including phenoxy) is 1. The maximum atomic E-state index is 6.23. The Hall–Kier alpha value is -2.85. The highest BCUT2D eigenvalue weighted by atomic mass is 35.5. The number of hydrogen-bond donors (Lipinski definition) is 0. The zero-order valence-corrected chi connectivity index (χ0v) is 13.5. The van der Waals surface area contributed by atoms with E-state index < -0.39 is 0 Å². The van der Waals surface area contributed by atoms with Crippen molar-refractivity contribution in [1.82, 2.24) is 14.4 Å². The van der Waals surface area contributed by atoms with E-state index in [1.807, 2.05) is 65.2 Å². The van der Waals surface area contributed by atoms with Crippen molar-refractivity contribution >= 4 is 17.1 Å². The van der Waals surface area contributed by atoms with Crippen LogP contribution in [-0.4, -0.2) is 14.4 Å². The van der Waals surface area contributed by atoms with Crippen molar-refractivity contribution in [3.8, 4) is 17.0 Å². The number of hydrogen-bond acceptors (Lipinski definition) is 3. The standard InChI is InChI=1S/C19H14ClN3O/c20-19-18-17(22-13-23(18)10-9-21-19)15-7-4-8-16(11-15)24-12-14-5-2-1-3-6-14/h1-11,13H,12H2. The second-order valence-electron chi connectivity index (χ2n) is 5.37. The van der Waals surface area contributed by atoms with Crippen molar-refractivity contribution in [2.45, 2.75) is 6.61 Å². The van der Waals surface area contributed by atoms with E-state index in [0.717, 1.165) is 28.1 Å². The lowest BCUT2D eigenvalue weighted by Crippen LogP contribution is -1.95. The van der Waals surface area contributed by atoms with E-state index in [9.17, 15) is 0 Å². The maximum absolute atomic E-state index is 6.23. The molecule has 0 atom stereocenters. The van der Waals surface area contributed by atoms with Crippen molar-refractivity contribution in [3.05, 3.63) is 84.0 Å². The van der Waals surface area contributed by atoms with Gasteiger partial charge in [-0.2, -0.15) is 0 Å². The Morgan fingerprint density at radius 3 is 2.75 bits per heavy atom. The van der Waals surface area contributed by atoms with E-state index in [1.165, 1.54) is 0 Å². The summed E-state index contributed by atoms with van der Waals surface area (Å²) in [6.07, 6.45) is 5.21. The molecule has 0 bridgehead atoms. The van der Waals surface area contributed by atoms with Crippen molar-refractivity contribution < 1.29 is 4.74 Å². The molecule has 0 aliphatic rings. The molecule has 0 saturated carbocycles. The molecular weight excluding hydrogens is 322 g/mol. The van der Waals surface area contributed by atoms with Crippen LogP contribution in [0.3, 0.4) is 0 Å². The molecule has 0 aliphatic carbocycles. The van der Waals surface area contributed by atoms with Crippen LogP contribution in [0.2, 0.25) is 5.15 Å². The van der Waals surface area contributed by atoms with Crippen molar-refractivity contribution in [3.63, 3.8) is 0 Å². The topological polar surface area (TPSA) is 39.4 Å². The summed E-state index contributed by atoms with van der Waals surface area (Å²) in [5.74, 6) is 0.789. The summed E-state index contributed by atoms with van der Waals surface area (Å²) in [6.45, 7) is 0.524. The lowest BCUT2D eigenvalue weighted by Gasteiger charge is -2.08. The van der Waals surface area contributed by atoms with Crippen LogP contribution in [0.15, 0.2) is 73.3 Å².